The van der Waals surface area contributed by atoms with Gasteiger partial charge in [0.05, 0.1) is 21.5 Å². The molecule has 4 rings (SSSR count). The van der Waals surface area contributed by atoms with Crippen LogP contribution >= 0.6 is 0 Å². The molecule has 0 saturated heterocycles. The van der Waals surface area contributed by atoms with E-state index in [4.69, 9.17) is 0 Å². The molecule has 0 amide bonds. The van der Waals surface area contributed by atoms with Crippen LogP contribution in [0.1, 0.15) is 0 Å². The van der Waals surface area contributed by atoms with Gasteiger partial charge >= 0.3 is 7.32 Å². The third-order valence-electron chi connectivity index (χ3n) is 5.03. The van der Waals surface area contributed by atoms with Crippen molar-refractivity contribution < 1.29 is 75.8 Å². The second-order valence-corrected chi connectivity index (χ2v) is 7.10. The molecule has 0 aliphatic carbocycles. The highest BCUT2D eigenvalue weighted by molar-refractivity contribution is 6.37. The number of rotatable bonds is 4. The van der Waals surface area contributed by atoms with Crippen LogP contribution in [0.15, 0.2) is 0 Å². The van der Waals surface area contributed by atoms with E-state index in [-0.39, 0.29) is 0 Å². The molecule has 0 aromatic heterocycles. The van der Waals surface area contributed by atoms with Crippen LogP contribution in [0.2, 0.25) is 0 Å². The van der Waals surface area contributed by atoms with Crippen LogP contribution < -0.4 is 9.31 Å². The molecular formula is C20HBF14O3. The number of fused-ring (bicyclic) bond motifs is 2. The predicted molar refractivity (Wildman–Crippen MR) is 96.5 cm³/mol. The molecule has 0 radical (unpaired) electrons. The average molecular weight is 566 g/mol. The van der Waals surface area contributed by atoms with E-state index in [9.17, 15) is 62.1 Å². The van der Waals surface area contributed by atoms with Gasteiger partial charge < -0.3 is 14.3 Å². The van der Waals surface area contributed by atoms with Gasteiger partial charge in [0.25, 0.3) is 0 Å². The second-order valence-electron chi connectivity index (χ2n) is 7.10. The molecule has 38 heavy (non-hydrogen) atoms. The van der Waals surface area contributed by atoms with E-state index in [1.807, 2.05) is 0 Å². The van der Waals surface area contributed by atoms with Crippen molar-refractivity contribution in [2.45, 2.75) is 0 Å². The van der Waals surface area contributed by atoms with Gasteiger partial charge in [-0.05, 0) is 0 Å². The largest absolute Gasteiger partial charge is 0.785 e. The van der Waals surface area contributed by atoms with Crippen molar-refractivity contribution in [1.82, 2.24) is 0 Å². The van der Waals surface area contributed by atoms with Gasteiger partial charge in [0.1, 0.15) is 11.6 Å². The summed E-state index contributed by atoms with van der Waals surface area (Å²) in [4.78, 5) is 0. The van der Waals surface area contributed by atoms with Gasteiger partial charge in [0.2, 0.25) is 34.9 Å². The fraction of sp³-hybridized carbons (Fsp3) is 0. The molecule has 1 N–H and O–H groups in total. The van der Waals surface area contributed by atoms with Gasteiger partial charge in [-0.2, -0.15) is 13.2 Å². The molecule has 4 aromatic rings. The van der Waals surface area contributed by atoms with E-state index in [0.29, 0.717) is 0 Å². The first kappa shape index (κ1) is 27.1. The minimum atomic E-state index is -3.49. The van der Waals surface area contributed by atoms with Gasteiger partial charge in [0.15, 0.2) is 46.4 Å². The minimum Gasteiger partial charge on any atom is -0.498 e. The zero-order valence-electron chi connectivity index (χ0n) is 17.1. The molecule has 0 bridgehead atoms. The van der Waals surface area contributed by atoms with Crippen molar-refractivity contribution in [3.8, 4) is 11.5 Å². The van der Waals surface area contributed by atoms with Crippen molar-refractivity contribution in [3.63, 3.8) is 0 Å². The Morgan fingerprint density at radius 3 is 1.03 bits per heavy atom. The molecular weight excluding hydrogens is 565 g/mol. The maximum atomic E-state index is 15.1. The van der Waals surface area contributed by atoms with Crippen molar-refractivity contribution in [2.75, 3.05) is 0 Å². The fourth-order valence-corrected chi connectivity index (χ4v) is 3.37. The van der Waals surface area contributed by atoms with Crippen LogP contribution in [0.3, 0.4) is 0 Å². The van der Waals surface area contributed by atoms with Crippen molar-refractivity contribution in [3.05, 3.63) is 81.4 Å². The molecule has 0 heterocycles. The minimum absolute atomic E-state index is 2.06. The smallest absolute Gasteiger partial charge is 0.498 e. The van der Waals surface area contributed by atoms with Crippen molar-refractivity contribution in [1.29, 1.82) is 0 Å². The summed E-state index contributed by atoms with van der Waals surface area (Å²) in [6, 6.07) is 0. The first-order chi connectivity index (χ1) is 17.6. The Morgan fingerprint density at radius 2 is 0.579 bits per heavy atom. The molecule has 200 valence electrons. The highest BCUT2D eigenvalue weighted by Gasteiger charge is 2.37. The number of halogens is 14. The Bertz CT molecular complexity index is 1660. The van der Waals surface area contributed by atoms with E-state index in [2.05, 4.69) is 9.31 Å². The topological polar surface area (TPSA) is 38.7 Å². The molecule has 0 saturated carbocycles. The molecule has 3 nitrogen and oxygen atoms in total. The highest BCUT2D eigenvalue weighted by atomic mass is 19.2. The molecule has 0 unspecified atom stereocenters. The lowest BCUT2D eigenvalue weighted by atomic mass is 9.98. The highest BCUT2D eigenvalue weighted by Crippen LogP contribution is 2.43. The third-order valence-corrected chi connectivity index (χ3v) is 5.03. The van der Waals surface area contributed by atoms with E-state index >= 15 is 4.39 Å². The standard InChI is InChI=1S/C20HBF14O3/c22-5-1-2(8(25)11(28)10(27)7(1)24)6(23)4-3(5)9(26)12(29)16(33)19(4)37-21(36)38-20-17(34)14(31)13(30)15(32)18(20)35/h36H. The molecule has 4 aromatic carbocycles. The van der Waals surface area contributed by atoms with E-state index in [1.165, 1.54) is 0 Å². The summed E-state index contributed by atoms with van der Waals surface area (Å²) < 4.78 is 204. The zero-order valence-corrected chi connectivity index (χ0v) is 17.1. The lowest BCUT2D eigenvalue weighted by Crippen LogP contribution is -2.31. The van der Waals surface area contributed by atoms with Crippen molar-refractivity contribution >= 4 is 28.9 Å². The lowest BCUT2D eigenvalue weighted by Gasteiger charge is -2.18. The molecule has 0 atom stereocenters. The van der Waals surface area contributed by atoms with E-state index < -0.39 is 122 Å². The van der Waals surface area contributed by atoms with Gasteiger partial charge in [-0.1, -0.05) is 0 Å². The zero-order chi connectivity index (χ0) is 28.5. The SMILES string of the molecule is OB(Oc1c(F)c(F)c(F)c(F)c1F)Oc1c(F)c(F)c(F)c2c(F)c3c(F)c(F)c(F)c(F)c3c(F)c12. The number of hydrogen-bond donors (Lipinski definition) is 1. The summed E-state index contributed by atoms with van der Waals surface area (Å²) in [7, 11) is -3.49. The maximum absolute atomic E-state index is 15.1. The molecule has 0 fully saturated rings. The van der Waals surface area contributed by atoms with Gasteiger partial charge in [-0.25, -0.2) is 48.3 Å². The summed E-state index contributed by atoms with van der Waals surface area (Å²) in [5.74, 6) is -41.8. The summed E-state index contributed by atoms with van der Waals surface area (Å²) in [5, 5.41) is 1.27. The Kier molecular flexibility index (Phi) is 6.49. The summed E-state index contributed by atoms with van der Waals surface area (Å²) in [5.41, 5.74) is 0. The molecule has 0 aliphatic heterocycles. The van der Waals surface area contributed by atoms with Gasteiger partial charge in [-0.3, -0.25) is 0 Å². The van der Waals surface area contributed by atoms with Crippen molar-refractivity contribution in [2.24, 2.45) is 0 Å². The Labute approximate surface area is 198 Å². The van der Waals surface area contributed by atoms with Crippen LogP contribution in [0.4, 0.5) is 61.5 Å². The molecule has 18 heteroatoms. The lowest BCUT2D eigenvalue weighted by molar-refractivity contribution is 0.265. The van der Waals surface area contributed by atoms with E-state index in [0.717, 1.165) is 0 Å². The fourth-order valence-electron chi connectivity index (χ4n) is 3.37. The average Bonchev–Trinajstić information content (AvgIpc) is 2.88. The van der Waals surface area contributed by atoms with Gasteiger partial charge in [0, 0.05) is 0 Å². The second kappa shape index (κ2) is 9.11. The van der Waals surface area contributed by atoms with E-state index in [1.54, 1.807) is 0 Å². The van der Waals surface area contributed by atoms with Gasteiger partial charge in [-0.15, -0.1) is 0 Å². The first-order valence-electron chi connectivity index (χ1n) is 9.28. The summed E-state index contributed by atoms with van der Waals surface area (Å²) in [6.07, 6.45) is 0. The molecule has 0 spiro atoms. The van der Waals surface area contributed by atoms with Crippen LogP contribution in [-0.4, -0.2) is 12.3 Å². The third kappa shape index (κ3) is 3.65. The van der Waals surface area contributed by atoms with Crippen LogP contribution in [-0.2, 0) is 0 Å². The van der Waals surface area contributed by atoms with Crippen LogP contribution in [0.25, 0.3) is 21.5 Å². The molecule has 0 aliphatic rings. The summed E-state index contributed by atoms with van der Waals surface area (Å²) in [6.45, 7) is 0. The van der Waals surface area contributed by atoms with Crippen LogP contribution in [0.5, 0.6) is 11.5 Å². The normalized spacial score (nSPS) is 11.6. The maximum Gasteiger partial charge on any atom is 0.785 e. The Hall–Kier alpha value is -3.96. The Balaban J connectivity index is 2.00. The first-order valence-corrected chi connectivity index (χ1v) is 9.28. The van der Waals surface area contributed by atoms with Crippen LogP contribution in [0, 0.1) is 81.4 Å². The predicted octanol–water partition coefficient (Wildman–Crippen LogP) is 6.38. The number of benzene rings is 4. The monoisotopic (exact) mass is 566 g/mol. The summed E-state index contributed by atoms with van der Waals surface area (Å²) >= 11 is 0. The Morgan fingerprint density at radius 1 is 0.316 bits per heavy atom. The number of hydrogen-bond acceptors (Lipinski definition) is 3. The quantitative estimate of drug-likeness (QED) is 0.103.